The van der Waals surface area contributed by atoms with Crippen LogP contribution in [0.4, 0.5) is 5.69 Å². The van der Waals surface area contributed by atoms with Crippen LogP contribution in [0.25, 0.3) is 0 Å². The number of ether oxygens (including phenoxy) is 3. The average molecular weight is 461 g/mol. The molecule has 9 nitrogen and oxygen atoms in total. The summed E-state index contributed by atoms with van der Waals surface area (Å²) in [5.74, 6) is -0.652. The summed E-state index contributed by atoms with van der Waals surface area (Å²) in [6.07, 6.45) is 3.79. The molecule has 34 heavy (non-hydrogen) atoms. The molecule has 2 heterocycles. The van der Waals surface area contributed by atoms with Crippen molar-refractivity contribution >= 4 is 17.6 Å². The molecule has 1 fully saturated rings. The number of aromatic nitrogens is 2. The van der Waals surface area contributed by atoms with Crippen molar-refractivity contribution < 1.29 is 23.8 Å². The summed E-state index contributed by atoms with van der Waals surface area (Å²) in [6, 6.07) is 17.0. The zero-order valence-electron chi connectivity index (χ0n) is 18.4. The van der Waals surface area contributed by atoms with E-state index in [1.54, 1.807) is 18.2 Å². The second kappa shape index (κ2) is 9.01. The molecular formula is C25H23N3O6. The Morgan fingerprint density at radius 2 is 1.76 bits per heavy atom. The van der Waals surface area contributed by atoms with Gasteiger partial charge in [-0.25, -0.2) is 9.48 Å². The van der Waals surface area contributed by atoms with Gasteiger partial charge in [-0.1, -0.05) is 30.3 Å². The van der Waals surface area contributed by atoms with Crippen molar-refractivity contribution in [2.75, 3.05) is 11.9 Å². The Hall–Kier alpha value is -4.14. The number of fused-ring (bicyclic) bond motifs is 1. The summed E-state index contributed by atoms with van der Waals surface area (Å²) >= 11 is 0. The Kier molecular flexibility index (Phi) is 5.75. The van der Waals surface area contributed by atoms with E-state index in [-0.39, 0.29) is 17.8 Å². The molecule has 0 atom stereocenters. The van der Waals surface area contributed by atoms with Gasteiger partial charge in [0.05, 0.1) is 6.54 Å². The molecule has 3 aromatic rings. The molecule has 1 aliphatic heterocycles. The number of nitrogens with one attached hydrogen (secondary N) is 1. The minimum atomic E-state index is -0.800. The molecule has 1 saturated carbocycles. The van der Waals surface area contributed by atoms with E-state index in [0.717, 1.165) is 31.2 Å². The van der Waals surface area contributed by atoms with E-state index < -0.39 is 24.3 Å². The van der Waals surface area contributed by atoms with E-state index >= 15 is 0 Å². The zero-order chi connectivity index (χ0) is 23.5. The smallest absolute Gasteiger partial charge is 0.359 e. The fourth-order valence-electron chi connectivity index (χ4n) is 4.12. The minimum Gasteiger partial charge on any atom is -0.451 e. The van der Waals surface area contributed by atoms with Crippen molar-refractivity contribution in [1.82, 2.24) is 9.78 Å². The van der Waals surface area contributed by atoms with Gasteiger partial charge in [0.25, 0.3) is 17.3 Å². The maximum atomic E-state index is 12.4. The lowest BCUT2D eigenvalue weighted by molar-refractivity contribution is -0.119. The fourth-order valence-corrected chi connectivity index (χ4v) is 4.12. The molecule has 0 saturated heterocycles. The quantitative estimate of drug-likeness (QED) is 0.562. The number of nitrogens with zero attached hydrogens (tertiary/aromatic N) is 2. The normalized spacial score (nSPS) is 15.3. The average Bonchev–Trinajstić information content (AvgIpc) is 3.44. The SMILES string of the molecule is O=C(COC(=O)c1ccc(=O)n(Cc2ccccc2)n1)Nc1ccc2c(c1)OC1(CCCC1)O2. The summed E-state index contributed by atoms with van der Waals surface area (Å²) in [4.78, 5) is 36.8. The van der Waals surface area contributed by atoms with Gasteiger partial charge in [-0.2, -0.15) is 5.10 Å². The molecule has 1 aromatic heterocycles. The number of hydrogen-bond acceptors (Lipinski definition) is 7. The van der Waals surface area contributed by atoms with Crippen molar-refractivity contribution in [3.8, 4) is 11.5 Å². The topological polar surface area (TPSA) is 109 Å². The second-order valence-corrected chi connectivity index (χ2v) is 8.31. The van der Waals surface area contributed by atoms with Crippen LogP contribution in [0, 0.1) is 0 Å². The highest BCUT2D eigenvalue weighted by atomic mass is 16.7. The third-order valence-corrected chi connectivity index (χ3v) is 5.77. The Morgan fingerprint density at radius 3 is 2.56 bits per heavy atom. The van der Waals surface area contributed by atoms with Gasteiger partial charge in [0.15, 0.2) is 23.8 Å². The van der Waals surface area contributed by atoms with Gasteiger partial charge < -0.3 is 19.5 Å². The summed E-state index contributed by atoms with van der Waals surface area (Å²) in [7, 11) is 0. The number of benzene rings is 2. The zero-order valence-corrected chi connectivity index (χ0v) is 18.4. The Bertz CT molecular complexity index is 1280. The van der Waals surface area contributed by atoms with Crippen molar-refractivity contribution in [1.29, 1.82) is 0 Å². The first-order valence-electron chi connectivity index (χ1n) is 11.1. The maximum Gasteiger partial charge on any atom is 0.359 e. The van der Waals surface area contributed by atoms with E-state index in [1.807, 2.05) is 30.3 Å². The Labute approximate surface area is 195 Å². The number of amides is 1. The monoisotopic (exact) mass is 461 g/mol. The highest BCUT2D eigenvalue weighted by Crippen LogP contribution is 2.47. The van der Waals surface area contributed by atoms with Crippen LogP contribution in [0.2, 0.25) is 0 Å². The van der Waals surface area contributed by atoms with E-state index in [0.29, 0.717) is 17.2 Å². The number of hydrogen-bond donors (Lipinski definition) is 1. The lowest BCUT2D eigenvalue weighted by Crippen LogP contribution is -2.34. The largest absolute Gasteiger partial charge is 0.451 e. The van der Waals surface area contributed by atoms with Crippen molar-refractivity contribution in [2.24, 2.45) is 0 Å². The molecule has 0 unspecified atom stereocenters. The molecule has 0 bridgehead atoms. The van der Waals surface area contributed by atoms with Gasteiger partial charge in [0, 0.05) is 30.7 Å². The third-order valence-electron chi connectivity index (χ3n) is 5.77. The molecule has 174 valence electrons. The van der Waals surface area contributed by atoms with Crippen LogP contribution in [-0.2, 0) is 16.1 Å². The van der Waals surface area contributed by atoms with E-state index in [9.17, 15) is 14.4 Å². The number of carbonyl (C=O) groups is 2. The van der Waals surface area contributed by atoms with Crippen LogP contribution in [0.1, 0.15) is 41.7 Å². The first kappa shape index (κ1) is 21.7. The molecule has 1 N–H and O–H groups in total. The number of esters is 1. The van der Waals surface area contributed by atoms with Crippen LogP contribution in [0.5, 0.6) is 11.5 Å². The highest BCUT2D eigenvalue weighted by molar-refractivity contribution is 5.95. The lowest BCUT2D eigenvalue weighted by Gasteiger charge is -2.21. The third kappa shape index (κ3) is 4.63. The van der Waals surface area contributed by atoms with Crippen molar-refractivity contribution in [2.45, 2.75) is 38.0 Å². The summed E-state index contributed by atoms with van der Waals surface area (Å²) in [6.45, 7) is -0.288. The summed E-state index contributed by atoms with van der Waals surface area (Å²) in [5, 5.41) is 6.75. The summed E-state index contributed by atoms with van der Waals surface area (Å²) < 4.78 is 18.2. The molecule has 1 spiro atoms. The number of rotatable bonds is 6. The minimum absolute atomic E-state index is 0.0618. The molecule has 1 aliphatic carbocycles. The Morgan fingerprint density at radius 1 is 1.00 bits per heavy atom. The molecule has 5 rings (SSSR count). The fraction of sp³-hybridized carbons (Fsp3) is 0.280. The second-order valence-electron chi connectivity index (χ2n) is 8.31. The van der Waals surface area contributed by atoms with Crippen LogP contribution in [0.3, 0.4) is 0 Å². The van der Waals surface area contributed by atoms with Crippen LogP contribution in [-0.4, -0.2) is 34.1 Å². The molecule has 1 amide bonds. The van der Waals surface area contributed by atoms with Crippen LogP contribution < -0.4 is 20.3 Å². The van der Waals surface area contributed by atoms with E-state index in [1.165, 1.54) is 16.8 Å². The predicted octanol–water partition coefficient (Wildman–Crippen LogP) is 3.13. The standard InChI is InChI=1S/C25H23N3O6/c29-22(26-18-8-10-20-21(14-18)34-25(33-20)12-4-5-13-25)16-32-24(31)19-9-11-23(30)28(27-19)15-17-6-2-1-3-7-17/h1-3,6-11,14H,4-5,12-13,15-16H2,(H,26,29). The Balaban J connectivity index is 1.18. The molecule has 0 radical (unpaired) electrons. The first-order valence-corrected chi connectivity index (χ1v) is 11.1. The van der Waals surface area contributed by atoms with Crippen molar-refractivity contribution in [3.05, 3.63) is 82.3 Å². The lowest BCUT2D eigenvalue weighted by atomic mass is 10.2. The maximum absolute atomic E-state index is 12.4. The van der Waals surface area contributed by atoms with Gasteiger partial charge in [0.2, 0.25) is 0 Å². The first-order chi connectivity index (χ1) is 16.5. The van der Waals surface area contributed by atoms with Gasteiger partial charge >= 0.3 is 5.97 Å². The highest BCUT2D eigenvalue weighted by Gasteiger charge is 2.44. The van der Waals surface area contributed by atoms with Gasteiger partial charge in [-0.3, -0.25) is 9.59 Å². The van der Waals surface area contributed by atoms with Crippen LogP contribution >= 0.6 is 0 Å². The van der Waals surface area contributed by atoms with Gasteiger partial charge in [-0.15, -0.1) is 0 Å². The predicted molar refractivity (Wildman–Crippen MR) is 122 cm³/mol. The van der Waals surface area contributed by atoms with Crippen LogP contribution in [0.15, 0.2) is 65.5 Å². The van der Waals surface area contributed by atoms with Gasteiger partial charge in [0.1, 0.15) is 0 Å². The molecule has 2 aromatic carbocycles. The van der Waals surface area contributed by atoms with E-state index in [4.69, 9.17) is 14.2 Å². The van der Waals surface area contributed by atoms with Crippen molar-refractivity contribution in [3.63, 3.8) is 0 Å². The van der Waals surface area contributed by atoms with Gasteiger partial charge in [-0.05, 0) is 36.6 Å². The summed E-state index contributed by atoms with van der Waals surface area (Å²) in [5.41, 5.74) is 0.964. The molecular weight excluding hydrogens is 438 g/mol. The molecule has 9 heteroatoms. The number of anilines is 1. The van der Waals surface area contributed by atoms with E-state index in [2.05, 4.69) is 10.4 Å². The molecule has 2 aliphatic rings. The number of carbonyl (C=O) groups excluding carboxylic acids is 2.